The second-order valence-electron chi connectivity index (χ2n) is 8.08. The van der Waals surface area contributed by atoms with Gasteiger partial charge in [0.05, 0.1) is 16.1 Å². The van der Waals surface area contributed by atoms with Crippen LogP contribution >= 0.6 is 0 Å². The van der Waals surface area contributed by atoms with Gasteiger partial charge in [-0.1, -0.05) is 12.1 Å². The third kappa shape index (κ3) is 3.87. The highest BCUT2D eigenvalue weighted by molar-refractivity contribution is 7.89. The summed E-state index contributed by atoms with van der Waals surface area (Å²) in [5.41, 5.74) is 4.03. The number of nitrogens with zero attached hydrogens (tertiary/aromatic N) is 3. The van der Waals surface area contributed by atoms with E-state index in [0.29, 0.717) is 22.3 Å². The van der Waals surface area contributed by atoms with E-state index in [1.54, 1.807) is 10.9 Å². The number of benzene rings is 1. The molecule has 2 heterocycles. The van der Waals surface area contributed by atoms with E-state index in [0.717, 1.165) is 37.3 Å². The summed E-state index contributed by atoms with van der Waals surface area (Å²) < 4.78 is 66.9. The van der Waals surface area contributed by atoms with Crippen LogP contribution in [0.4, 0.5) is 13.2 Å². The average Bonchev–Trinajstić information content (AvgIpc) is 2.99. The SMILES string of the molecule is Cc1cnc2c(C#N)c(-c3ccc(S(=O)(=O)N[C@@H](C)C(F)(F)F)cc3)n(C3CCC3)c2c1. The number of alkyl halides is 3. The van der Waals surface area contributed by atoms with Gasteiger partial charge in [-0.2, -0.15) is 23.2 Å². The summed E-state index contributed by atoms with van der Waals surface area (Å²) in [6.07, 6.45) is -0.00145. The maximum Gasteiger partial charge on any atom is 0.404 e. The third-order valence-electron chi connectivity index (χ3n) is 5.79. The Bertz CT molecular complexity index is 1320. The number of hydrogen-bond acceptors (Lipinski definition) is 4. The largest absolute Gasteiger partial charge is 0.404 e. The van der Waals surface area contributed by atoms with E-state index in [-0.39, 0.29) is 10.9 Å². The van der Waals surface area contributed by atoms with Crippen LogP contribution in [0.2, 0.25) is 0 Å². The lowest BCUT2D eigenvalue weighted by atomic mass is 9.92. The molecule has 0 radical (unpaired) electrons. The molecule has 1 N–H and O–H groups in total. The first-order chi connectivity index (χ1) is 15.0. The van der Waals surface area contributed by atoms with Crippen LogP contribution < -0.4 is 4.72 Å². The molecule has 32 heavy (non-hydrogen) atoms. The number of pyridine rings is 1. The molecule has 3 aromatic rings. The number of hydrogen-bond donors (Lipinski definition) is 1. The minimum Gasteiger partial charge on any atom is -0.335 e. The minimum absolute atomic E-state index is 0.205. The van der Waals surface area contributed by atoms with Crippen molar-refractivity contribution in [1.82, 2.24) is 14.3 Å². The maximum absolute atomic E-state index is 12.8. The van der Waals surface area contributed by atoms with Crippen LogP contribution in [-0.2, 0) is 10.0 Å². The van der Waals surface area contributed by atoms with Crippen molar-refractivity contribution >= 4 is 21.1 Å². The fourth-order valence-corrected chi connectivity index (χ4v) is 5.09. The van der Waals surface area contributed by atoms with Gasteiger partial charge in [0.2, 0.25) is 10.0 Å². The molecule has 1 aliphatic rings. The Kier molecular flexibility index (Phi) is 5.51. The van der Waals surface area contributed by atoms with E-state index in [9.17, 15) is 26.9 Å². The van der Waals surface area contributed by atoms with Crippen molar-refractivity contribution in [2.24, 2.45) is 0 Å². The Morgan fingerprint density at radius 3 is 2.44 bits per heavy atom. The second kappa shape index (κ2) is 7.90. The molecule has 6 nitrogen and oxygen atoms in total. The highest BCUT2D eigenvalue weighted by Crippen LogP contribution is 2.42. The molecule has 4 rings (SSSR count). The molecule has 1 aliphatic carbocycles. The van der Waals surface area contributed by atoms with Crippen molar-refractivity contribution < 1.29 is 21.6 Å². The molecule has 1 aromatic carbocycles. The van der Waals surface area contributed by atoms with Gasteiger partial charge < -0.3 is 4.57 Å². The number of fused-ring (bicyclic) bond motifs is 1. The molecule has 1 atom stereocenters. The van der Waals surface area contributed by atoms with Gasteiger partial charge in [-0.15, -0.1) is 0 Å². The van der Waals surface area contributed by atoms with E-state index < -0.39 is 22.2 Å². The van der Waals surface area contributed by atoms with Crippen LogP contribution in [0, 0.1) is 18.3 Å². The Morgan fingerprint density at radius 2 is 1.91 bits per heavy atom. The number of nitrogens with one attached hydrogen (secondary N) is 1. The lowest BCUT2D eigenvalue weighted by molar-refractivity contribution is -0.147. The Hall–Kier alpha value is -2.90. The number of sulfonamides is 1. The standard InChI is InChI=1S/C22H21F3N4O2S/c1-13-10-19-20(27-12-13)18(11-26)21(29(19)16-4-3-5-16)15-6-8-17(9-7-15)32(30,31)28-14(2)22(23,24)25/h6-10,12,14,16,28H,3-5H2,1-2H3/t14-/m0/s1. The smallest absolute Gasteiger partial charge is 0.335 e. The summed E-state index contributed by atoms with van der Waals surface area (Å²) in [4.78, 5) is 4.17. The molecule has 168 valence electrons. The summed E-state index contributed by atoms with van der Waals surface area (Å²) in [5.74, 6) is 0. The van der Waals surface area contributed by atoms with Crippen molar-refractivity contribution in [2.75, 3.05) is 0 Å². The quantitative estimate of drug-likeness (QED) is 0.588. The molecule has 0 amide bonds. The maximum atomic E-state index is 12.8. The summed E-state index contributed by atoms with van der Waals surface area (Å²) in [6.45, 7) is 2.67. The Morgan fingerprint density at radius 1 is 1.25 bits per heavy atom. The zero-order chi connectivity index (χ0) is 23.3. The molecular weight excluding hydrogens is 441 g/mol. The van der Waals surface area contributed by atoms with E-state index in [2.05, 4.69) is 15.6 Å². The van der Waals surface area contributed by atoms with Gasteiger partial charge in [-0.05, 0) is 62.4 Å². The molecule has 0 unspecified atom stereocenters. The van der Waals surface area contributed by atoms with Crippen LogP contribution in [-0.4, -0.2) is 30.2 Å². The summed E-state index contributed by atoms with van der Waals surface area (Å²) in [6, 6.07) is 7.74. The van der Waals surface area contributed by atoms with Crippen molar-refractivity contribution in [2.45, 2.75) is 56.3 Å². The first-order valence-electron chi connectivity index (χ1n) is 10.1. The van der Waals surface area contributed by atoms with Crippen molar-refractivity contribution in [1.29, 1.82) is 5.26 Å². The van der Waals surface area contributed by atoms with Gasteiger partial charge in [-0.25, -0.2) is 8.42 Å². The van der Waals surface area contributed by atoms with E-state index in [1.165, 1.54) is 24.3 Å². The predicted octanol–water partition coefficient (Wildman–Crippen LogP) is 4.84. The van der Waals surface area contributed by atoms with E-state index in [4.69, 9.17) is 0 Å². The number of nitriles is 1. The first kappa shape index (κ1) is 22.3. The van der Waals surface area contributed by atoms with Crippen molar-refractivity contribution in [3.63, 3.8) is 0 Å². The number of halogens is 3. The van der Waals surface area contributed by atoms with Gasteiger partial charge in [0, 0.05) is 12.2 Å². The summed E-state index contributed by atoms with van der Waals surface area (Å²) in [5, 5.41) is 9.88. The molecule has 2 aromatic heterocycles. The average molecular weight is 462 g/mol. The topological polar surface area (TPSA) is 87.8 Å². The zero-order valence-corrected chi connectivity index (χ0v) is 18.3. The molecule has 0 saturated heterocycles. The molecule has 0 spiro atoms. The van der Waals surface area contributed by atoms with Crippen molar-refractivity contribution in [3.8, 4) is 17.3 Å². The lowest BCUT2D eigenvalue weighted by Gasteiger charge is -2.30. The van der Waals surface area contributed by atoms with Gasteiger partial charge in [0.25, 0.3) is 0 Å². The number of aromatic nitrogens is 2. The predicted molar refractivity (Wildman–Crippen MR) is 113 cm³/mol. The highest BCUT2D eigenvalue weighted by Gasteiger charge is 2.39. The van der Waals surface area contributed by atoms with Crippen molar-refractivity contribution in [3.05, 3.63) is 47.7 Å². The fourth-order valence-electron chi connectivity index (χ4n) is 3.86. The first-order valence-corrected chi connectivity index (χ1v) is 11.6. The van der Waals surface area contributed by atoms with Gasteiger partial charge >= 0.3 is 6.18 Å². The molecule has 1 saturated carbocycles. The molecule has 1 fully saturated rings. The number of rotatable bonds is 5. The Labute approximate surface area is 183 Å². The zero-order valence-electron chi connectivity index (χ0n) is 17.4. The lowest BCUT2D eigenvalue weighted by Crippen LogP contribution is -2.42. The van der Waals surface area contributed by atoms with Gasteiger partial charge in [0.15, 0.2) is 0 Å². The molecule has 10 heteroatoms. The molecular formula is C22H21F3N4O2S. The molecule has 0 bridgehead atoms. The van der Waals surface area contributed by atoms with Crippen LogP contribution in [0.3, 0.4) is 0 Å². The van der Waals surface area contributed by atoms with Gasteiger partial charge in [0.1, 0.15) is 23.2 Å². The van der Waals surface area contributed by atoms with E-state index in [1.807, 2.05) is 13.0 Å². The second-order valence-corrected chi connectivity index (χ2v) is 9.79. The van der Waals surface area contributed by atoms with Crippen LogP contribution in [0.5, 0.6) is 0 Å². The van der Waals surface area contributed by atoms with E-state index >= 15 is 0 Å². The highest BCUT2D eigenvalue weighted by atomic mass is 32.2. The summed E-state index contributed by atoms with van der Waals surface area (Å²) >= 11 is 0. The van der Waals surface area contributed by atoms with Crippen LogP contribution in [0.25, 0.3) is 22.3 Å². The monoisotopic (exact) mass is 462 g/mol. The third-order valence-corrected chi connectivity index (χ3v) is 7.35. The van der Waals surface area contributed by atoms with Gasteiger partial charge in [-0.3, -0.25) is 4.98 Å². The number of aryl methyl sites for hydroxylation is 1. The Balaban J connectivity index is 1.80. The molecule has 0 aliphatic heterocycles. The van der Waals surface area contributed by atoms with Crippen LogP contribution in [0.15, 0.2) is 41.4 Å². The minimum atomic E-state index is -4.69. The summed E-state index contributed by atoms with van der Waals surface area (Å²) in [7, 11) is -4.36. The fraction of sp³-hybridized carbons (Fsp3) is 0.364. The van der Waals surface area contributed by atoms with Crippen LogP contribution in [0.1, 0.15) is 43.4 Å². The normalized spacial score (nSPS) is 16.0.